The van der Waals surface area contributed by atoms with Crippen molar-refractivity contribution in [2.24, 2.45) is 0 Å². The summed E-state index contributed by atoms with van der Waals surface area (Å²) in [5, 5.41) is 0. The summed E-state index contributed by atoms with van der Waals surface area (Å²) in [6.45, 7) is 0. The Hall–Kier alpha value is -1.98. The van der Waals surface area contributed by atoms with E-state index in [1.807, 2.05) is 0 Å². The van der Waals surface area contributed by atoms with E-state index in [-0.39, 0.29) is 5.82 Å². The molecular formula is C7H6N4O2. The topological polar surface area (TPSA) is 80.8 Å². The van der Waals surface area contributed by atoms with E-state index in [1.165, 1.54) is 19.6 Å². The Kier molecular flexibility index (Phi) is 1.66. The van der Waals surface area contributed by atoms with Gasteiger partial charge in [0.05, 0.1) is 13.3 Å². The predicted octanol–water partition coefficient (Wildman–Crippen LogP) is 0.140. The van der Waals surface area contributed by atoms with Gasteiger partial charge in [-0.1, -0.05) is 0 Å². The van der Waals surface area contributed by atoms with Gasteiger partial charge in [-0.3, -0.25) is 0 Å². The monoisotopic (exact) mass is 178 g/mol. The molecule has 2 rings (SSSR count). The number of hydrogen-bond acceptors (Lipinski definition) is 5. The van der Waals surface area contributed by atoms with Gasteiger partial charge in [0.25, 0.3) is 0 Å². The molecule has 0 saturated carbocycles. The molecule has 0 aliphatic rings. The second kappa shape index (κ2) is 2.81. The third-order valence-corrected chi connectivity index (χ3v) is 1.54. The summed E-state index contributed by atoms with van der Waals surface area (Å²) in [6.07, 6.45) is 2.90. The summed E-state index contributed by atoms with van der Waals surface area (Å²) in [5.74, 6) is -0.379. The average Bonchev–Trinajstić information content (AvgIpc) is 2.59. The number of carbonyl (C=O) groups excluding carboxylic acids is 1. The summed E-state index contributed by atoms with van der Waals surface area (Å²) in [6, 6.07) is 0. The van der Waals surface area contributed by atoms with Gasteiger partial charge in [-0.15, -0.1) is 0 Å². The molecule has 0 unspecified atom stereocenters. The number of nitrogens with zero attached hydrogens (tertiary/aromatic N) is 3. The molecule has 0 saturated heterocycles. The Bertz CT molecular complexity index is 417. The number of aromatic nitrogens is 4. The van der Waals surface area contributed by atoms with E-state index in [0.717, 1.165) is 0 Å². The fourth-order valence-corrected chi connectivity index (χ4v) is 0.954. The largest absolute Gasteiger partial charge is 0.463 e. The van der Waals surface area contributed by atoms with Crippen molar-refractivity contribution in [3.05, 3.63) is 18.3 Å². The van der Waals surface area contributed by atoms with Crippen LogP contribution in [0.4, 0.5) is 0 Å². The molecule has 0 radical (unpaired) electrons. The zero-order valence-corrected chi connectivity index (χ0v) is 6.81. The summed E-state index contributed by atoms with van der Waals surface area (Å²) < 4.78 is 4.48. The van der Waals surface area contributed by atoms with Crippen LogP contribution in [0.2, 0.25) is 0 Å². The number of carbonyl (C=O) groups is 1. The smallest absolute Gasteiger partial charge is 0.374 e. The molecule has 2 aromatic rings. The Morgan fingerprint density at radius 3 is 3.15 bits per heavy atom. The van der Waals surface area contributed by atoms with Crippen LogP contribution >= 0.6 is 0 Å². The summed E-state index contributed by atoms with van der Waals surface area (Å²) in [5.41, 5.74) is 1.07. The van der Waals surface area contributed by atoms with Crippen molar-refractivity contribution in [1.29, 1.82) is 0 Å². The molecule has 0 aliphatic carbocycles. The first-order chi connectivity index (χ1) is 6.31. The Labute approximate surface area is 73.0 Å². The van der Waals surface area contributed by atoms with Crippen LogP contribution < -0.4 is 0 Å². The van der Waals surface area contributed by atoms with Crippen LogP contribution in [0.3, 0.4) is 0 Å². The van der Waals surface area contributed by atoms with E-state index in [4.69, 9.17) is 0 Å². The summed E-state index contributed by atoms with van der Waals surface area (Å²) >= 11 is 0. The number of imidazole rings is 1. The maximum Gasteiger partial charge on any atom is 0.374 e. The lowest BCUT2D eigenvalue weighted by Gasteiger charge is -1.89. The molecule has 13 heavy (non-hydrogen) atoms. The van der Waals surface area contributed by atoms with Crippen molar-refractivity contribution < 1.29 is 9.53 Å². The summed E-state index contributed by atoms with van der Waals surface area (Å²) in [4.78, 5) is 25.3. The van der Waals surface area contributed by atoms with Crippen LogP contribution in [0.25, 0.3) is 11.2 Å². The zero-order chi connectivity index (χ0) is 9.26. The van der Waals surface area contributed by atoms with Gasteiger partial charge in [0, 0.05) is 0 Å². The minimum absolute atomic E-state index is 0.137. The molecule has 2 aromatic heterocycles. The first-order valence-electron chi connectivity index (χ1n) is 3.55. The quantitative estimate of drug-likeness (QED) is 0.628. The SMILES string of the molecule is COC(=O)c1nc2cncnc2[nH]1. The lowest BCUT2D eigenvalue weighted by molar-refractivity contribution is 0.0588. The number of rotatable bonds is 1. The Morgan fingerprint density at radius 2 is 2.46 bits per heavy atom. The second-order valence-electron chi connectivity index (χ2n) is 2.33. The van der Waals surface area contributed by atoms with E-state index < -0.39 is 5.97 Å². The average molecular weight is 178 g/mol. The molecule has 0 bridgehead atoms. The van der Waals surface area contributed by atoms with Gasteiger partial charge in [-0.2, -0.15) is 0 Å². The van der Waals surface area contributed by atoms with Gasteiger partial charge >= 0.3 is 5.97 Å². The van der Waals surface area contributed by atoms with Gasteiger partial charge < -0.3 is 9.72 Å². The lowest BCUT2D eigenvalue weighted by Crippen LogP contribution is -2.02. The number of nitrogens with one attached hydrogen (secondary N) is 1. The third-order valence-electron chi connectivity index (χ3n) is 1.54. The van der Waals surface area contributed by atoms with E-state index in [1.54, 1.807) is 0 Å². The maximum atomic E-state index is 11.0. The number of methoxy groups -OCH3 is 1. The number of ether oxygens (including phenoxy) is 1. The predicted molar refractivity (Wildman–Crippen MR) is 43.0 cm³/mol. The first kappa shape index (κ1) is 7.66. The number of H-pyrrole nitrogens is 1. The van der Waals surface area contributed by atoms with E-state index in [2.05, 4.69) is 24.7 Å². The van der Waals surface area contributed by atoms with Gasteiger partial charge in [-0.05, 0) is 0 Å². The van der Waals surface area contributed by atoms with Crippen LogP contribution in [-0.4, -0.2) is 33.0 Å². The highest BCUT2D eigenvalue weighted by atomic mass is 16.5. The molecule has 0 aliphatic heterocycles. The number of aromatic amines is 1. The molecule has 0 amide bonds. The van der Waals surface area contributed by atoms with Crippen molar-refractivity contribution in [1.82, 2.24) is 19.9 Å². The van der Waals surface area contributed by atoms with Crippen LogP contribution in [0, 0.1) is 0 Å². The van der Waals surface area contributed by atoms with Crippen molar-refractivity contribution in [3.8, 4) is 0 Å². The molecule has 0 atom stereocenters. The minimum Gasteiger partial charge on any atom is -0.463 e. The molecule has 1 N–H and O–H groups in total. The van der Waals surface area contributed by atoms with Crippen LogP contribution in [0.1, 0.15) is 10.6 Å². The van der Waals surface area contributed by atoms with Gasteiger partial charge in [0.15, 0.2) is 5.65 Å². The molecule has 0 spiro atoms. The number of fused-ring (bicyclic) bond motifs is 1. The van der Waals surface area contributed by atoms with Gasteiger partial charge in [-0.25, -0.2) is 19.7 Å². The van der Waals surface area contributed by atoms with E-state index in [0.29, 0.717) is 11.2 Å². The first-order valence-corrected chi connectivity index (χ1v) is 3.55. The molecule has 66 valence electrons. The highest BCUT2D eigenvalue weighted by Crippen LogP contribution is 2.06. The van der Waals surface area contributed by atoms with E-state index >= 15 is 0 Å². The number of hydrogen-bond donors (Lipinski definition) is 1. The Balaban J connectivity index is 2.56. The molecule has 2 heterocycles. The maximum absolute atomic E-state index is 11.0. The van der Waals surface area contributed by atoms with Crippen molar-refractivity contribution in [2.75, 3.05) is 7.11 Å². The van der Waals surface area contributed by atoms with Gasteiger partial charge in [0.1, 0.15) is 11.8 Å². The third kappa shape index (κ3) is 1.22. The minimum atomic E-state index is -0.516. The molecule has 6 heteroatoms. The van der Waals surface area contributed by atoms with Crippen molar-refractivity contribution >= 4 is 17.1 Å². The van der Waals surface area contributed by atoms with Crippen LogP contribution in [0.5, 0.6) is 0 Å². The normalized spacial score (nSPS) is 10.2. The molecule has 6 nitrogen and oxygen atoms in total. The lowest BCUT2D eigenvalue weighted by atomic mass is 10.6. The fourth-order valence-electron chi connectivity index (χ4n) is 0.954. The van der Waals surface area contributed by atoms with Crippen LogP contribution in [0.15, 0.2) is 12.5 Å². The van der Waals surface area contributed by atoms with Crippen LogP contribution in [-0.2, 0) is 4.74 Å². The molecular weight excluding hydrogens is 172 g/mol. The fraction of sp³-hybridized carbons (Fsp3) is 0.143. The standard InChI is InChI=1S/C7H6N4O2/c1-13-7(12)6-10-4-2-8-3-9-5(4)11-6/h2-3H,1H3,(H,8,9,10,11). The highest BCUT2D eigenvalue weighted by Gasteiger charge is 2.11. The van der Waals surface area contributed by atoms with Crippen molar-refractivity contribution in [2.45, 2.75) is 0 Å². The second-order valence-corrected chi connectivity index (χ2v) is 2.33. The zero-order valence-electron chi connectivity index (χ0n) is 6.81. The number of esters is 1. The Morgan fingerprint density at radius 1 is 1.62 bits per heavy atom. The highest BCUT2D eigenvalue weighted by molar-refractivity contribution is 5.88. The van der Waals surface area contributed by atoms with E-state index in [9.17, 15) is 4.79 Å². The van der Waals surface area contributed by atoms with Gasteiger partial charge in [0.2, 0.25) is 5.82 Å². The molecule has 0 fully saturated rings. The molecule has 0 aromatic carbocycles. The summed E-state index contributed by atoms with van der Waals surface area (Å²) in [7, 11) is 1.29. The van der Waals surface area contributed by atoms with Crippen molar-refractivity contribution in [3.63, 3.8) is 0 Å².